The lowest BCUT2D eigenvalue weighted by molar-refractivity contribution is 0.248. The quantitative estimate of drug-likeness (QED) is 0.785. The maximum atomic E-state index is 12.7. The number of hydrogen-bond donors (Lipinski definition) is 1. The first-order chi connectivity index (χ1) is 8.59. The molecule has 3 atom stereocenters. The summed E-state index contributed by atoms with van der Waals surface area (Å²) in [6.07, 6.45) is 3.16. The molecule has 18 heavy (non-hydrogen) atoms. The van der Waals surface area contributed by atoms with Gasteiger partial charge >= 0.3 is 0 Å². The van der Waals surface area contributed by atoms with Crippen LogP contribution in [0.1, 0.15) is 26.2 Å². The van der Waals surface area contributed by atoms with Crippen LogP contribution in [0.15, 0.2) is 0 Å². The fourth-order valence-corrected chi connectivity index (χ4v) is 5.54. The molecule has 3 heterocycles. The van der Waals surface area contributed by atoms with Crippen LogP contribution in [0.4, 0.5) is 0 Å². The lowest BCUT2D eigenvalue weighted by Gasteiger charge is -2.35. The van der Waals surface area contributed by atoms with Gasteiger partial charge in [0, 0.05) is 25.7 Å². The van der Waals surface area contributed by atoms with Crippen LogP contribution in [-0.4, -0.2) is 55.8 Å². The summed E-state index contributed by atoms with van der Waals surface area (Å²) in [5.74, 6) is 1.06. The molecular weight excluding hydrogens is 250 g/mol. The van der Waals surface area contributed by atoms with E-state index in [1.807, 2.05) is 6.92 Å². The van der Waals surface area contributed by atoms with E-state index < -0.39 is 10.2 Å². The van der Waals surface area contributed by atoms with Crippen LogP contribution in [0, 0.1) is 11.8 Å². The third-order valence-electron chi connectivity index (χ3n) is 4.72. The number of fused-ring (bicyclic) bond motifs is 1. The number of nitrogens with one attached hydrogen (secondary N) is 1. The molecule has 0 aliphatic carbocycles. The molecule has 3 aliphatic rings. The second kappa shape index (κ2) is 4.74. The molecule has 0 saturated carbocycles. The van der Waals surface area contributed by atoms with Crippen molar-refractivity contribution >= 4 is 10.2 Å². The summed E-state index contributed by atoms with van der Waals surface area (Å²) < 4.78 is 28.8. The van der Waals surface area contributed by atoms with E-state index in [2.05, 4.69) is 5.32 Å². The fourth-order valence-electron chi connectivity index (χ4n) is 3.56. The van der Waals surface area contributed by atoms with Gasteiger partial charge in [-0.25, -0.2) is 0 Å². The van der Waals surface area contributed by atoms with Crippen molar-refractivity contribution in [3.8, 4) is 0 Å². The van der Waals surface area contributed by atoms with Crippen molar-refractivity contribution in [2.45, 2.75) is 32.2 Å². The molecule has 5 nitrogen and oxygen atoms in total. The van der Waals surface area contributed by atoms with Crippen molar-refractivity contribution in [2.75, 3.05) is 32.7 Å². The first-order valence-electron chi connectivity index (χ1n) is 7.06. The lowest BCUT2D eigenvalue weighted by Crippen LogP contribution is -2.49. The summed E-state index contributed by atoms with van der Waals surface area (Å²) >= 11 is 0. The largest absolute Gasteiger partial charge is 0.316 e. The summed E-state index contributed by atoms with van der Waals surface area (Å²) in [7, 11) is -3.21. The highest BCUT2D eigenvalue weighted by atomic mass is 32.2. The molecular formula is C12H23N3O2S. The minimum atomic E-state index is -3.21. The Labute approximate surface area is 110 Å². The molecule has 0 aromatic carbocycles. The number of piperidine rings is 1. The number of nitrogens with zero attached hydrogens (tertiary/aromatic N) is 2. The SMILES string of the molecule is CC1CCCCN1S(=O)(=O)N1C[C@H]2CNC[C@H]2C1. The maximum absolute atomic E-state index is 12.7. The van der Waals surface area contributed by atoms with E-state index in [0.29, 0.717) is 31.5 Å². The molecule has 0 bridgehead atoms. The Balaban J connectivity index is 1.74. The topological polar surface area (TPSA) is 52.7 Å². The third kappa shape index (κ3) is 2.09. The van der Waals surface area contributed by atoms with E-state index in [1.165, 1.54) is 0 Å². The van der Waals surface area contributed by atoms with Gasteiger partial charge in [0.15, 0.2) is 0 Å². The van der Waals surface area contributed by atoms with Gasteiger partial charge < -0.3 is 5.32 Å². The van der Waals surface area contributed by atoms with Gasteiger partial charge in [-0.15, -0.1) is 0 Å². The van der Waals surface area contributed by atoms with Crippen molar-refractivity contribution in [2.24, 2.45) is 11.8 Å². The van der Waals surface area contributed by atoms with Crippen molar-refractivity contribution in [1.82, 2.24) is 13.9 Å². The Morgan fingerprint density at radius 2 is 1.78 bits per heavy atom. The summed E-state index contributed by atoms with van der Waals surface area (Å²) in [6, 6.07) is 0.169. The lowest BCUT2D eigenvalue weighted by atomic mass is 10.0. The van der Waals surface area contributed by atoms with Gasteiger partial charge in [-0.3, -0.25) is 0 Å². The van der Waals surface area contributed by atoms with Gasteiger partial charge in [0.05, 0.1) is 0 Å². The van der Waals surface area contributed by atoms with E-state index >= 15 is 0 Å². The molecule has 104 valence electrons. The Morgan fingerprint density at radius 1 is 1.11 bits per heavy atom. The Hall–Kier alpha value is -0.170. The van der Waals surface area contributed by atoms with Crippen LogP contribution in [0.5, 0.6) is 0 Å². The molecule has 3 aliphatic heterocycles. The highest BCUT2D eigenvalue weighted by molar-refractivity contribution is 7.86. The van der Waals surface area contributed by atoms with E-state index in [1.54, 1.807) is 8.61 Å². The monoisotopic (exact) mass is 273 g/mol. The van der Waals surface area contributed by atoms with E-state index in [4.69, 9.17) is 0 Å². The smallest absolute Gasteiger partial charge is 0.282 e. The molecule has 0 amide bonds. The average Bonchev–Trinajstić information content (AvgIpc) is 2.89. The van der Waals surface area contributed by atoms with Crippen LogP contribution >= 0.6 is 0 Å². The Morgan fingerprint density at radius 3 is 2.39 bits per heavy atom. The molecule has 0 radical (unpaired) electrons. The molecule has 3 saturated heterocycles. The van der Waals surface area contributed by atoms with Crippen molar-refractivity contribution in [3.63, 3.8) is 0 Å². The molecule has 3 rings (SSSR count). The summed E-state index contributed by atoms with van der Waals surface area (Å²) in [6.45, 7) is 6.12. The first-order valence-corrected chi connectivity index (χ1v) is 8.46. The summed E-state index contributed by atoms with van der Waals surface area (Å²) in [5, 5.41) is 3.35. The van der Waals surface area contributed by atoms with E-state index in [-0.39, 0.29) is 6.04 Å². The van der Waals surface area contributed by atoms with Gasteiger partial charge in [-0.1, -0.05) is 6.42 Å². The van der Waals surface area contributed by atoms with Gasteiger partial charge in [-0.05, 0) is 44.7 Å². The van der Waals surface area contributed by atoms with Crippen LogP contribution in [0.2, 0.25) is 0 Å². The predicted octanol–water partition coefficient (Wildman–Crippen LogP) is 0.257. The predicted molar refractivity (Wildman–Crippen MR) is 70.4 cm³/mol. The standard InChI is InChI=1S/C12H23N3O2S/c1-10-4-2-3-5-15(10)18(16,17)14-8-11-6-13-7-12(11)9-14/h10-13H,2-9H2,1H3/t10?,11-,12+. The number of rotatable bonds is 2. The van der Waals surface area contributed by atoms with Gasteiger partial charge in [0.2, 0.25) is 0 Å². The molecule has 1 N–H and O–H groups in total. The average molecular weight is 273 g/mol. The van der Waals surface area contributed by atoms with Crippen molar-refractivity contribution in [1.29, 1.82) is 0 Å². The minimum Gasteiger partial charge on any atom is -0.316 e. The van der Waals surface area contributed by atoms with Gasteiger partial charge in [0.25, 0.3) is 10.2 Å². The number of hydrogen-bond acceptors (Lipinski definition) is 3. The molecule has 0 aromatic rings. The fraction of sp³-hybridized carbons (Fsp3) is 1.00. The van der Waals surface area contributed by atoms with E-state index in [9.17, 15) is 8.42 Å². The molecule has 6 heteroatoms. The third-order valence-corrected chi connectivity index (χ3v) is 6.81. The zero-order valence-electron chi connectivity index (χ0n) is 11.0. The zero-order chi connectivity index (χ0) is 12.8. The van der Waals surface area contributed by atoms with Crippen LogP contribution < -0.4 is 5.32 Å². The molecule has 3 fully saturated rings. The van der Waals surface area contributed by atoms with Crippen LogP contribution in [0.25, 0.3) is 0 Å². The Bertz CT molecular complexity index is 400. The molecule has 0 aromatic heterocycles. The van der Waals surface area contributed by atoms with Crippen molar-refractivity contribution in [3.05, 3.63) is 0 Å². The van der Waals surface area contributed by atoms with Crippen molar-refractivity contribution < 1.29 is 8.42 Å². The Kier molecular flexibility index (Phi) is 3.38. The second-order valence-corrected chi connectivity index (χ2v) is 7.84. The van der Waals surface area contributed by atoms with Crippen LogP contribution in [0.3, 0.4) is 0 Å². The maximum Gasteiger partial charge on any atom is 0.282 e. The van der Waals surface area contributed by atoms with E-state index in [0.717, 1.165) is 32.4 Å². The van der Waals surface area contributed by atoms with Gasteiger partial charge in [-0.2, -0.15) is 17.0 Å². The zero-order valence-corrected chi connectivity index (χ0v) is 11.8. The molecule has 1 unspecified atom stereocenters. The highest BCUT2D eigenvalue weighted by Crippen LogP contribution is 2.31. The summed E-state index contributed by atoms with van der Waals surface area (Å²) in [4.78, 5) is 0. The van der Waals surface area contributed by atoms with Gasteiger partial charge in [0.1, 0.15) is 0 Å². The second-order valence-electron chi connectivity index (χ2n) is 5.96. The first kappa shape index (κ1) is 12.8. The minimum absolute atomic E-state index is 0.169. The highest BCUT2D eigenvalue weighted by Gasteiger charge is 2.44. The summed E-state index contributed by atoms with van der Waals surface area (Å²) in [5.41, 5.74) is 0. The molecule has 0 spiro atoms. The normalized spacial score (nSPS) is 39.1. The van der Waals surface area contributed by atoms with Crippen LogP contribution in [-0.2, 0) is 10.2 Å².